The van der Waals surface area contributed by atoms with Crippen molar-refractivity contribution in [1.29, 1.82) is 0 Å². The fourth-order valence-corrected chi connectivity index (χ4v) is 3.76. The summed E-state index contributed by atoms with van der Waals surface area (Å²) in [6.07, 6.45) is 1.07. The summed E-state index contributed by atoms with van der Waals surface area (Å²) in [6, 6.07) is 2.34. The highest BCUT2D eigenvalue weighted by Gasteiger charge is 2.46. The third-order valence-electron chi connectivity index (χ3n) is 2.81. The van der Waals surface area contributed by atoms with Crippen LogP contribution < -0.4 is 10.5 Å². The van der Waals surface area contributed by atoms with Gasteiger partial charge in [0.05, 0.1) is 16.6 Å². The molecule has 1 saturated carbocycles. The second-order valence-corrected chi connectivity index (χ2v) is 6.86. The Kier molecular flexibility index (Phi) is 3.39. The summed E-state index contributed by atoms with van der Waals surface area (Å²) in [7, 11) is -4.04. The van der Waals surface area contributed by atoms with Crippen LogP contribution in [0, 0.1) is 5.82 Å². The van der Waals surface area contributed by atoms with Crippen LogP contribution in [0.1, 0.15) is 12.8 Å². The molecule has 0 saturated heterocycles. The van der Waals surface area contributed by atoms with Crippen LogP contribution >= 0.6 is 15.9 Å². The molecule has 1 aromatic rings. The predicted molar refractivity (Wildman–Crippen MR) is 67.9 cm³/mol. The molecule has 0 unspecified atom stereocenters. The van der Waals surface area contributed by atoms with E-state index >= 15 is 0 Å². The monoisotopic (exact) mass is 338 g/mol. The second kappa shape index (κ2) is 4.44. The Labute approximate surface area is 112 Å². The van der Waals surface area contributed by atoms with Crippen molar-refractivity contribution in [2.24, 2.45) is 0 Å². The van der Waals surface area contributed by atoms with Gasteiger partial charge in [-0.25, -0.2) is 17.5 Å². The molecule has 1 aliphatic rings. The Bertz CT molecular complexity index is 587. The minimum Gasteiger partial charge on any atom is -0.399 e. The molecule has 100 valence electrons. The Morgan fingerprint density at radius 1 is 1.50 bits per heavy atom. The van der Waals surface area contributed by atoms with E-state index in [-0.39, 0.29) is 16.8 Å². The van der Waals surface area contributed by atoms with E-state index in [9.17, 15) is 12.8 Å². The smallest absolute Gasteiger partial charge is 0.244 e. The molecule has 1 fully saturated rings. The van der Waals surface area contributed by atoms with E-state index in [1.54, 1.807) is 0 Å². The number of nitrogens with two attached hydrogens (primary N) is 1. The van der Waals surface area contributed by atoms with Crippen LogP contribution in [0.3, 0.4) is 0 Å². The standard InChI is InChI=1S/C10H12BrFN2O3S/c11-7-3-6(13)4-8(9(7)12)18(16,17)14-10(5-15)1-2-10/h3-4,14-15H,1-2,5,13H2. The number of hydrogen-bond donors (Lipinski definition) is 3. The molecule has 0 amide bonds. The second-order valence-electron chi connectivity index (χ2n) is 4.36. The molecule has 0 spiro atoms. The topological polar surface area (TPSA) is 92.4 Å². The van der Waals surface area contributed by atoms with Crippen molar-refractivity contribution in [3.63, 3.8) is 0 Å². The summed E-state index contributed by atoms with van der Waals surface area (Å²) in [6.45, 7) is -0.308. The quantitative estimate of drug-likeness (QED) is 0.713. The molecular weight excluding hydrogens is 327 g/mol. The Morgan fingerprint density at radius 3 is 2.61 bits per heavy atom. The third kappa shape index (κ3) is 2.51. The number of rotatable bonds is 4. The highest BCUT2D eigenvalue weighted by atomic mass is 79.9. The first-order valence-electron chi connectivity index (χ1n) is 5.19. The van der Waals surface area contributed by atoms with E-state index in [0.717, 1.165) is 6.07 Å². The van der Waals surface area contributed by atoms with Crippen molar-refractivity contribution in [3.8, 4) is 0 Å². The highest BCUT2D eigenvalue weighted by molar-refractivity contribution is 9.10. The summed E-state index contributed by atoms with van der Waals surface area (Å²) < 4.78 is 40.2. The predicted octanol–water partition coefficient (Wildman–Crippen LogP) is 0.974. The van der Waals surface area contributed by atoms with Crippen LogP contribution in [-0.4, -0.2) is 25.7 Å². The van der Waals surface area contributed by atoms with E-state index in [1.165, 1.54) is 6.07 Å². The summed E-state index contributed by atoms with van der Waals surface area (Å²) in [5, 5.41) is 9.09. The number of sulfonamides is 1. The molecule has 8 heteroatoms. The van der Waals surface area contributed by atoms with Crippen molar-refractivity contribution in [2.45, 2.75) is 23.3 Å². The van der Waals surface area contributed by atoms with Crippen molar-refractivity contribution in [1.82, 2.24) is 4.72 Å². The van der Waals surface area contributed by atoms with Gasteiger partial charge in [0.25, 0.3) is 0 Å². The van der Waals surface area contributed by atoms with E-state index in [4.69, 9.17) is 10.8 Å². The number of benzene rings is 1. The molecule has 0 aliphatic heterocycles. The average molecular weight is 339 g/mol. The SMILES string of the molecule is Nc1cc(Br)c(F)c(S(=O)(=O)NC2(CO)CC2)c1. The first-order chi connectivity index (χ1) is 8.30. The fraction of sp³-hybridized carbons (Fsp3) is 0.400. The van der Waals surface area contributed by atoms with Gasteiger partial charge in [-0.2, -0.15) is 0 Å². The van der Waals surface area contributed by atoms with Crippen LogP contribution in [0.15, 0.2) is 21.5 Å². The lowest BCUT2D eigenvalue weighted by Crippen LogP contribution is -2.39. The molecule has 2 rings (SSSR count). The number of hydrogen-bond acceptors (Lipinski definition) is 4. The number of anilines is 1. The zero-order chi connectivity index (χ0) is 13.6. The first-order valence-corrected chi connectivity index (χ1v) is 7.47. The van der Waals surface area contributed by atoms with Crippen molar-refractivity contribution in [2.75, 3.05) is 12.3 Å². The van der Waals surface area contributed by atoms with Gasteiger partial charge in [0.15, 0.2) is 5.82 Å². The number of aliphatic hydroxyl groups is 1. The van der Waals surface area contributed by atoms with Crippen molar-refractivity contribution < 1.29 is 17.9 Å². The van der Waals surface area contributed by atoms with Gasteiger partial charge < -0.3 is 10.8 Å². The molecule has 0 bridgehead atoms. The van der Waals surface area contributed by atoms with Crippen LogP contribution in [0.2, 0.25) is 0 Å². The maximum absolute atomic E-state index is 13.8. The lowest BCUT2D eigenvalue weighted by atomic mass is 10.3. The van der Waals surface area contributed by atoms with Gasteiger partial charge in [0.1, 0.15) is 4.90 Å². The number of aliphatic hydroxyl groups excluding tert-OH is 1. The summed E-state index contributed by atoms with van der Waals surface area (Å²) in [4.78, 5) is -0.519. The Morgan fingerprint density at radius 2 is 2.11 bits per heavy atom. The maximum atomic E-state index is 13.8. The van der Waals surface area contributed by atoms with Gasteiger partial charge in [0.2, 0.25) is 10.0 Å². The minimum absolute atomic E-state index is 0.0169. The van der Waals surface area contributed by atoms with Gasteiger partial charge >= 0.3 is 0 Å². The number of halogens is 2. The third-order valence-corrected chi connectivity index (χ3v) is 4.97. The molecule has 5 nitrogen and oxygen atoms in total. The van der Waals surface area contributed by atoms with Gasteiger partial charge in [-0.15, -0.1) is 0 Å². The minimum atomic E-state index is -4.04. The molecule has 18 heavy (non-hydrogen) atoms. The largest absolute Gasteiger partial charge is 0.399 e. The van der Waals surface area contributed by atoms with Crippen LogP contribution in [0.5, 0.6) is 0 Å². The molecule has 0 radical (unpaired) electrons. The first kappa shape index (κ1) is 13.7. The van der Waals surface area contributed by atoms with Gasteiger partial charge in [-0.1, -0.05) is 0 Å². The molecule has 4 N–H and O–H groups in total. The molecular formula is C10H12BrFN2O3S. The molecule has 1 aromatic carbocycles. The summed E-state index contributed by atoms with van der Waals surface area (Å²) in [5.74, 6) is -0.898. The number of nitrogen functional groups attached to an aromatic ring is 1. The normalized spacial score (nSPS) is 17.7. The van der Waals surface area contributed by atoms with Gasteiger partial charge in [-0.05, 0) is 40.9 Å². The van der Waals surface area contributed by atoms with E-state index in [1.807, 2.05) is 0 Å². The molecule has 0 atom stereocenters. The molecule has 0 aromatic heterocycles. The Balaban J connectivity index is 2.42. The summed E-state index contributed by atoms with van der Waals surface area (Å²) in [5.41, 5.74) is 4.79. The fourth-order valence-electron chi connectivity index (χ4n) is 1.56. The van der Waals surface area contributed by atoms with E-state index in [2.05, 4.69) is 20.7 Å². The van der Waals surface area contributed by atoms with E-state index < -0.39 is 26.3 Å². The molecule has 0 heterocycles. The van der Waals surface area contributed by atoms with Crippen LogP contribution in [0.25, 0.3) is 0 Å². The van der Waals surface area contributed by atoms with Crippen molar-refractivity contribution in [3.05, 3.63) is 22.4 Å². The summed E-state index contributed by atoms with van der Waals surface area (Å²) >= 11 is 2.91. The van der Waals surface area contributed by atoms with Crippen LogP contribution in [-0.2, 0) is 10.0 Å². The zero-order valence-electron chi connectivity index (χ0n) is 9.28. The lowest BCUT2D eigenvalue weighted by molar-refractivity contribution is 0.246. The van der Waals surface area contributed by atoms with Gasteiger partial charge in [0, 0.05) is 5.69 Å². The lowest BCUT2D eigenvalue weighted by Gasteiger charge is -2.15. The van der Waals surface area contributed by atoms with E-state index in [0.29, 0.717) is 12.8 Å². The number of nitrogens with one attached hydrogen (secondary N) is 1. The van der Waals surface area contributed by atoms with Crippen LogP contribution in [0.4, 0.5) is 10.1 Å². The average Bonchev–Trinajstić information content (AvgIpc) is 3.03. The Hall–Kier alpha value is -0.700. The maximum Gasteiger partial charge on any atom is 0.244 e. The van der Waals surface area contributed by atoms with Gasteiger partial charge in [-0.3, -0.25) is 0 Å². The highest BCUT2D eigenvalue weighted by Crippen LogP contribution is 2.37. The van der Waals surface area contributed by atoms with Crippen molar-refractivity contribution >= 4 is 31.6 Å². The molecule has 1 aliphatic carbocycles. The zero-order valence-corrected chi connectivity index (χ0v) is 11.7.